The summed E-state index contributed by atoms with van der Waals surface area (Å²) in [5.41, 5.74) is 1.04. The summed E-state index contributed by atoms with van der Waals surface area (Å²) in [6.07, 6.45) is 1.73. The van der Waals surface area contributed by atoms with Crippen molar-refractivity contribution in [3.05, 3.63) is 44.7 Å². The maximum Gasteiger partial charge on any atom is 0.218 e. The minimum atomic E-state index is 0.0908. The lowest BCUT2D eigenvalue weighted by atomic mass is 10.1. The Labute approximate surface area is 113 Å². The molecule has 0 aromatic carbocycles. The van der Waals surface area contributed by atoms with Crippen LogP contribution in [0.25, 0.3) is 0 Å². The molecule has 2 heterocycles. The van der Waals surface area contributed by atoms with Gasteiger partial charge in [-0.25, -0.2) is 4.98 Å². The molecule has 0 amide bonds. The molecule has 0 radical (unpaired) electrons. The van der Waals surface area contributed by atoms with E-state index in [9.17, 15) is 0 Å². The molecule has 0 aliphatic rings. The molecule has 1 unspecified atom stereocenters. The van der Waals surface area contributed by atoms with E-state index in [1.54, 1.807) is 24.6 Å². The molecule has 0 saturated carbocycles. The Morgan fingerprint density at radius 2 is 2.29 bits per heavy atom. The summed E-state index contributed by atoms with van der Waals surface area (Å²) in [5, 5.41) is 5.36. The van der Waals surface area contributed by atoms with Crippen LogP contribution in [0.2, 0.25) is 0 Å². The van der Waals surface area contributed by atoms with Crippen molar-refractivity contribution in [1.29, 1.82) is 0 Å². The molecule has 2 rings (SSSR count). The lowest BCUT2D eigenvalue weighted by molar-refractivity contribution is 0.388. The molecule has 0 saturated heterocycles. The van der Waals surface area contributed by atoms with E-state index in [-0.39, 0.29) is 6.04 Å². The van der Waals surface area contributed by atoms with Gasteiger partial charge in [-0.2, -0.15) is 0 Å². The van der Waals surface area contributed by atoms with Crippen LogP contribution in [-0.2, 0) is 0 Å². The van der Waals surface area contributed by atoms with E-state index >= 15 is 0 Å². The van der Waals surface area contributed by atoms with Gasteiger partial charge in [-0.15, -0.1) is 11.3 Å². The Kier molecular flexibility index (Phi) is 4.15. The first-order chi connectivity index (χ1) is 8.27. The zero-order chi connectivity index (χ0) is 12.3. The maximum atomic E-state index is 5.30. The second-order valence-corrected chi connectivity index (χ2v) is 5.26. The highest BCUT2D eigenvalue weighted by molar-refractivity contribution is 9.10. The normalized spacial score (nSPS) is 12.4. The van der Waals surface area contributed by atoms with Crippen LogP contribution in [-0.4, -0.2) is 19.1 Å². The number of hydrogen-bond acceptors (Lipinski definition) is 4. The summed E-state index contributed by atoms with van der Waals surface area (Å²) in [6.45, 7) is 0. The number of hydrogen-bond donors (Lipinski definition) is 1. The van der Waals surface area contributed by atoms with Crippen molar-refractivity contribution in [1.82, 2.24) is 10.3 Å². The van der Waals surface area contributed by atoms with Gasteiger partial charge in [0.1, 0.15) is 0 Å². The van der Waals surface area contributed by atoms with Crippen molar-refractivity contribution in [2.24, 2.45) is 0 Å². The summed E-state index contributed by atoms with van der Waals surface area (Å²) in [4.78, 5) is 5.45. The lowest BCUT2D eigenvalue weighted by Crippen LogP contribution is -2.18. The number of pyridine rings is 1. The highest BCUT2D eigenvalue weighted by Crippen LogP contribution is 2.35. The molecule has 3 nitrogen and oxygen atoms in total. The summed E-state index contributed by atoms with van der Waals surface area (Å²) < 4.78 is 6.41. The number of halogens is 1. The van der Waals surface area contributed by atoms with E-state index in [0.29, 0.717) is 5.88 Å². The molecule has 0 fully saturated rings. The SMILES string of the molecule is CNC(c1cccnc1OC)c1sccc1Br. The Bertz CT molecular complexity index is 501. The zero-order valence-electron chi connectivity index (χ0n) is 9.61. The van der Waals surface area contributed by atoms with Gasteiger partial charge >= 0.3 is 0 Å². The topological polar surface area (TPSA) is 34.2 Å². The van der Waals surface area contributed by atoms with Crippen LogP contribution in [0.15, 0.2) is 34.2 Å². The molecule has 0 aliphatic carbocycles. The van der Waals surface area contributed by atoms with E-state index in [1.165, 1.54) is 4.88 Å². The molecule has 2 aromatic rings. The third-order valence-corrected chi connectivity index (χ3v) is 4.44. The molecule has 2 aromatic heterocycles. The predicted molar refractivity (Wildman–Crippen MR) is 73.7 cm³/mol. The fourth-order valence-electron chi connectivity index (χ4n) is 1.73. The van der Waals surface area contributed by atoms with Crippen molar-refractivity contribution in [3.8, 4) is 5.88 Å². The van der Waals surface area contributed by atoms with Crippen LogP contribution in [0, 0.1) is 0 Å². The first-order valence-electron chi connectivity index (χ1n) is 5.17. The van der Waals surface area contributed by atoms with Crippen molar-refractivity contribution in [3.63, 3.8) is 0 Å². The Hall–Kier alpha value is -0.910. The predicted octanol–water partition coefficient (Wildman–Crippen LogP) is 3.22. The largest absolute Gasteiger partial charge is 0.481 e. The van der Waals surface area contributed by atoms with Gasteiger partial charge in [0, 0.05) is 21.1 Å². The van der Waals surface area contributed by atoms with Gasteiger partial charge in [0.15, 0.2) is 0 Å². The van der Waals surface area contributed by atoms with Gasteiger partial charge in [-0.3, -0.25) is 0 Å². The van der Waals surface area contributed by atoms with Gasteiger partial charge in [-0.05, 0) is 40.5 Å². The molecule has 1 atom stereocenters. The number of nitrogens with one attached hydrogen (secondary N) is 1. The van der Waals surface area contributed by atoms with Gasteiger partial charge in [0.05, 0.1) is 13.2 Å². The Morgan fingerprint density at radius 1 is 1.47 bits per heavy atom. The zero-order valence-corrected chi connectivity index (χ0v) is 12.0. The molecule has 0 bridgehead atoms. The molecule has 0 spiro atoms. The minimum Gasteiger partial charge on any atom is -0.481 e. The van der Waals surface area contributed by atoms with Gasteiger partial charge in [0.2, 0.25) is 5.88 Å². The molecule has 17 heavy (non-hydrogen) atoms. The Balaban J connectivity index is 2.46. The van der Waals surface area contributed by atoms with E-state index in [2.05, 4.69) is 31.6 Å². The first kappa shape index (κ1) is 12.5. The summed E-state index contributed by atoms with van der Waals surface area (Å²) in [6, 6.07) is 6.09. The second kappa shape index (κ2) is 5.62. The molecular weight excluding hydrogens is 300 g/mol. The number of aromatic nitrogens is 1. The maximum absolute atomic E-state index is 5.30. The van der Waals surface area contributed by atoms with Crippen LogP contribution < -0.4 is 10.1 Å². The van der Waals surface area contributed by atoms with Crippen LogP contribution in [0.5, 0.6) is 5.88 Å². The molecular formula is C12H13BrN2OS. The number of ether oxygens (including phenoxy) is 1. The molecule has 5 heteroatoms. The number of methoxy groups -OCH3 is 1. The van der Waals surface area contributed by atoms with Crippen LogP contribution in [0.4, 0.5) is 0 Å². The molecule has 0 aliphatic heterocycles. The fraction of sp³-hybridized carbons (Fsp3) is 0.250. The second-order valence-electron chi connectivity index (χ2n) is 3.46. The van der Waals surface area contributed by atoms with Gasteiger partial charge < -0.3 is 10.1 Å². The van der Waals surface area contributed by atoms with Crippen molar-refractivity contribution in [2.45, 2.75) is 6.04 Å². The summed E-state index contributed by atoms with van der Waals surface area (Å²) in [5.74, 6) is 0.659. The van der Waals surface area contributed by atoms with E-state index in [4.69, 9.17) is 4.74 Å². The Morgan fingerprint density at radius 3 is 2.88 bits per heavy atom. The third-order valence-electron chi connectivity index (χ3n) is 2.50. The average Bonchev–Trinajstić information content (AvgIpc) is 2.78. The number of nitrogens with zero attached hydrogens (tertiary/aromatic N) is 1. The smallest absolute Gasteiger partial charge is 0.218 e. The van der Waals surface area contributed by atoms with E-state index in [0.717, 1.165) is 10.0 Å². The van der Waals surface area contributed by atoms with Crippen LogP contribution in [0.1, 0.15) is 16.5 Å². The number of thiophene rings is 1. The van der Waals surface area contributed by atoms with Crippen molar-refractivity contribution < 1.29 is 4.74 Å². The number of rotatable bonds is 4. The van der Waals surface area contributed by atoms with Gasteiger partial charge in [0.25, 0.3) is 0 Å². The highest BCUT2D eigenvalue weighted by atomic mass is 79.9. The first-order valence-corrected chi connectivity index (χ1v) is 6.84. The molecule has 90 valence electrons. The highest BCUT2D eigenvalue weighted by Gasteiger charge is 2.20. The van der Waals surface area contributed by atoms with Crippen LogP contribution in [0.3, 0.4) is 0 Å². The quantitative estimate of drug-likeness (QED) is 0.941. The third kappa shape index (κ3) is 2.51. The van der Waals surface area contributed by atoms with E-state index in [1.807, 2.05) is 25.2 Å². The fourth-order valence-corrected chi connectivity index (χ4v) is 3.46. The summed E-state index contributed by atoms with van der Waals surface area (Å²) >= 11 is 5.26. The van der Waals surface area contributed by atoms with E-state index < -0.39 is 0 Å². The minimum absolute atomic E-state index is 0.0908. The summed E-state index contributed by atoms with van der Waals surface area (Å²) in [7, 11) is 3.57. The average molecular weight is 313 g/mol. The standard InChI is InChI=1S/C12H13BrN2OS/c1-14-10(11-9(13)5-7-17-11)8-4-3-6-15-12(8)16-2/h3-7,10,14H,1-2H3. The van der Waals surface area contributed by atoms with Crippen molar-refractivity contribution >= 4 is 27.3 Å². The van der Waals surface area contributed by atoms with Gasteiger partial charge in [-0.1, -0.05) is 6.07 Å². The lowest BCUT2D eigenvalue weighted by Gasteiger charge is -2.17. The molecule has 1 N–H and O–H groups in total. The van der Waals surface area contributed by atoms with Crippen LogP contribution >= 0.6 is 27.3 Å². The van der Waals surface area contributed by atoms with Crippen molar-refractivity contribution in [2.75, 3.05) is 14.2 Å². The monoisotopic (exact) mass is 312 g/mol.